The molecule has 76 valence electrons. The maximum Gasteiger partial charge on any atom is 0.306 e. The van der Waals surface area contributed by atoms with Crippen molar-refractivity contribution in [1.82, 2.24) is 4.98 Å². The zero-order valence-corrected chi connectivity index (χ0v) is 7.90. The Morgan fingerprint density at radius 1 is 1.71 bits per heavy atom. The zero-order valence-electron chi connectivity index (χ0n) is 7.90. The minimum atomic E-state index is -0.844. The standard InChI is InChI=1S/C10H12FNO2/c1-7(10(13)14)4-8-2-3-12-9(5-8)6-11/h2-3,5,7H,4,6H2,1H3,(H,13,14). The lowest BCUT2D eigenvalue weighted by molar-refractivity contribution is -0.141. The number of hydrogen-bond acceptors (Lipinski definition) is 2. The second kappa shape index (κ2) is 4.69. The van der Waals surface area contributed by atoms with Crippen LogP contribution in [0.25, 0.3) is 0 Å². The van der Waals surface area contributed by atoms with E-state index in [2.05, 4.69) is 4.98 Å². The summed E-state index contributed by atoms with van der Waals surface area (Å²) in [6.07, 6.45) is 1.91. The summed E-state index contributed by atoms with van der Waals surface area (Å²) in [7, 11) is 0. The van der Waals surface area contributed by atoms with Crippen LogP contribution in [-0.4, -0.2) is 16.1 Å². The predicted octanol–water partition coefficient (Wildman–Crippen LogP) is 1.81. The lowest BCUT2D eigenvalue weighted by atomic mass is 10.0. The lowest BCUT2D eigenvalue weighted by Gasteiger charge is -2.06. The minimum absolute atomic E-state index is 0.347. The highest BCUT2D eigenvalue weighted by atomic mass is 19.1. The number of pyridine rings is 1. The van der Waals surface area contributed by atoms with Crippen molar-refractivity contribution in [3.8, 4) is 0 Å². The van der Waals surface area contributed by atoms with E-state index >= 15 is 0 Å². The summed E-state index contributed by atoms with van der Waals surface area (Å²) in [6, 6.07) is 3.30. The zero-order chi connectivity index (χ0) is 10.6. The Balaban J connectivity index is 2.71. The fraction of sp³-hybridized carbons (Fsp3) is 0.400. The molecular weight excluding hydrogens is 185 g/mol. The fourth-order valence-corrected chi connectivity index (χ4v) is 1.17. The van der Waals surface area contributed by atoms with Crippen LogP contribution in [-0.2, 0) is 17.9 Å². The summed E-state index contributed by atoms with van der Waals surface area (Å²) in [4.78, 5) is 14.4. The van der Waals surface area contributed by atoms with E-state index in [-0.39, 0.29) is 0 Å². The second-order valence-electron chi connectivity index (χ2n) is 3.23. The van der Waals surface area contributed by atoms with E-state index in [9.17, 15) is 9.18 Å². The maximum atomic E-state index is 12.2. The molecule has 1 aromatic rings. The Morgan fingerprint density at radius 3 is 3.00 bits per heavy atom. The van der Waals surface area contributed by atoms with Crippen LogP contribution in [0.15, 0.2) is 18.3 Å². The number of nitrogens with zero attached hydrogens (tertiary/aromatic N) is 1. The van der Waals surface area contributed by atoms with Gasteiger partial charge in [0.05, 0.1) is 11.6 Å². The molecule has 0 saturated heterocycles. The van der Waals surface area contributed by atoms with Crippen LogP contribution in [0.1, 0.15) is 18.2 Å². The summed E-state index contributed by atoms with van der Waals surface area (Å²) in [5, 5.41) is 8.68. The molecule has 1 atom stereocenters. The molecule has 1 rings (SSSR count). The molecule has 0 amide bonds. The molecule has 4 heteroatoms. The molecular formula is C10H12FNO2. The number of hydrogen-bond donors (Lipinski definition) is 1. The average Bonchev–Trinajstić information content (AvgIpc) is 2.18. The monoisotopic (exact) mass is 197 g/mol. The molecule has 14 heavy (non-hydrogen) atoms. The van der Waals surface area contributed by atoms with Crippen LogP contribution in [0.4, 0.5) is 4.39 Å². The van der Waals surface area contributed by atoms with Gasteiger partial charge in [0.1, 0.15) is 6.67 Å². The van der Waals surface area contributed by atoms with Gasteiger partial charge in [0.25, 0.3) is 0 Å². The number of alkyl halides is 1. The number of rotatable bonds is 4. The highest BCUT2D eigenvalue weighted by Crippen LogP contribution is 2.10. The van der Waals surface area contributed by atoms with E-state index < -0.39 is 18.6 Å². The van der Waals surface area contributed by atoms with Crippen molar-refractivity contribution in [3.63, 3.8) is 0 Å². The molecule has 1 aromatic heterocycles. The molecule has 1 N–H and O–H groups in total. The number of aromatic nitrogens is 1. The highest BCUT2D eigenvalue weighted by molar-refractivity contribution is 5.69. The van der Waals surface area contributed by atoms with Crippen LogP contribution in [0.3, 0.4) is 0 Å². The molecule has 0 radical (unpaired) electrons. The summed E-state index contributed by atoms with van der Waals surface area (Å²) in [6.45, 7) is 1.01. The van der Waals surface area contributed by atoms with Crippen LogP contribution < -0.4 is 0 Å². The molecule has 0 spiro atoms. The van der Waals surface area contributed by atoms with Gasteiger partial charge in [-0.1, -0.05) is 6.92 Å². The van der Waals surface area contributed by atoms with Gasteiger partial charge >= 0.3 is 5.97 Å². The Bertz CT molecular complexity index is 328. The van der Waals surface area contributed by atoms with E-state index in [1.807, 2.05) is 0 Å². The van der Waals surface area contributed by atoms with Crippen molar-refractivity contribution < 1.29 is 14.3 Å². The number of carboxylic acids is 1. The molecule has 0 aliphatic carbocycles. The van der Waals surface area contributed by atoms with E-state index in [1.165, 1.54) is 6.20 Å². The van der Waals surface area contributed by atoms with Crippen LogP contribution in [0, 0.1) is 5.92 Å². The topological polar surface area (TPSA) is 50.2 Å². The molecule has 3 nitrogen and oxygen atoms in total. The first-order chi connectivity index (χ1) is 6.63. The van der Waals surface area contributed by atoms with Crippen LogP contribution in [0.5, 0.6) is 0 Å². The van der Waals surface area contributed by atoms with Crippen molar-refractivity contribution in [3.05, 3.63) is 29.6 Å². The van der Waals surface area contributed by atoms with Gasteiger partial charge < -0.3 is 5.11 Å². The molecule has 0 aliphatic heterocycles. The van der Waals surface area contributed by atoms with Crippen molar-refractivity contribution in [1.29, 1.82) is 0 Å². The van der Waals surface area contributed by atoms with E-state index in [4.69, 9.17) is 5.11 Å². The predicted molar refractivity (Wildman–Crippen MR) is 49.6 cm³/mol. The SMILES string of the molecule is CC(Cc1ccnc(CF)c1)C(=O)O. The minimum Gasteiger partial charge on any atom is -0.481 e. The average molecular weight is 197 g/mol. The molecule has 0 fully saturated rings. The normalized spacial score (nSPS) is 12.4. The molecule has 0 aliphatic rings. The third-order valence-electron chi connectivity index (χ3n) is 1.98. The Hall–Kier alpha value is -1.45. The van der Waals surface area contributed by atoms with E-state index in [1.54, 1.807) is 19.1 Å². The van der Waals surface area contributed by atoms with Gasteiger partial charge in [0.2, 0.25) is 0 Å². The maximum absolute atomic E-state index is 12.2. The van der Waals surface area contributed by atoms with Gasteiger partial charge in [0.15, 0.2) is 0 Å². The first kappa shape index (κ1) is 10.6. The summed E-state index contributed by atoms with van der Waals surface area (Å²) < 4.78 is 12.2. The smallest absolute Gasteiger partial charge is 0.306 e. The van der Waals surface area contributed by atoms with E-state index in [0.717, 1.165) is 5.56 Å². The Labute approximate surface area is 81.6 Å². The van der Waals surface area contributed by atoms with Gasteiger partial charge in [-0.3, -0.25) is 9.78 Å². The van der Waals surface area contributed by atoms with Crippen LogP contribution >= 0.6 is 0 Å². The van der Waals surface area contributed by atoms with Gasteiger partial charge in [-0.2, -0.15) is 0 Å². The number of carbonyl (C=O) groups is 1. The summed E-state index contributed by atoms with van der Waals surface area (Å²) in [5.41, 5.74) is 1.16. The molecule has 1 heterocycles. The first-order valence-electron chi connectivity index (χ1n) is 4.36. The summed E-state index contributed by atoms with van der Waals surface area (Å²) in [5.74, 6) is -1.30. The largest absolute Gasteiger partial charge is 0.481 e. The number of halogens is 1. The van der Waals surface area contributed by atoms with Gasteiger partial charge in [-0.05, 0) is 24.1 Å². The van der Waals surface area contributed by atoms with Crippen molar-refractivity contribution >= 4 is 5.97 Å². The molecule has 1 unspecified atom stereocenters. The fourth-order valence-electron chi connectivity index (χ4n) is 1.17. The number of carboxylic acid groups (broad SMARTS) is 1. The molecule has 0 aromatic carbocycles. The lowest BCUT2D eigenvalue weighted by Crippen LogP contribution is -2.12. The Morgan fingerprint density at radius 2 is 2.43 bits per heavy atom. The first-order valence-corrected chi connectivity index (χ1v) is 4.36. The van der Waals surface area contributed by atoms with Gasteiger partial charge in [-0.15, -0.1) is 0 Å². The molecule has 0 saturated carbocycles. The third-order valence-corrected chi connectivity index (χ3v) is 1.98. The van der Waals surface area contributed by atoms with Gasteiger partial charge in [0, 0.05) is 6.20 Å². The highest BCUT2D eigenvalue weighted by Gasteiger charge is 2.11. The second-order valence-corrected chi connectivity index (χ2v) is 3.23. The van der Waals surface area contributed by atoms with Crippen molar-refractivity contribution in [2.24, 2.45) is 5.92 Å². The Kier molecular flexibility index (Phi) is 3.56. The molecule has 0 bridgehead atoms. The van der Waals surface area contributed by atoms with Gasteiger partial charge in [-0.25, -0.2) is 4.39 Å². The van der Waals surface area contributed by atoms with Crippen molar-refractivity contribution in [2.75, 3.05) is 0 Å². The van der Waals surface area contributed by atoms with E-state index in [0.29, 0.717) is 12.1 Å². The third kappa shape index (κ3) is 2.80. The summed E-state index contributed by atoms with van der Waals surface area (Å²) >= 11 is 0. The number of aliphatic carboxylic acids is 1. The van der Waals surface area contributed by atoms with Crippen LogP contribution in [0.2, 0.25) is 0 Å². The quantitative estimate of drug-likeness (QED) is 0.800. The van der Waals surface area contributed by atoms with Crippen molar-refractivity contribution in [2.45, 2.75) is 20.0 Å².